The largest absolute Gasteiger partial charge is 0.466 e. The topological polar surface area (TPSA) is 60.7 Å². The van der Waals surface area contributed by atoms with Crippen LogP contribution in [-0.4, -0.2) is 17.6 Å². The van der Waals surface area contributed by atoms with E-state index >= 15 is 0 Å². The number of thiazole rings is 1. The molecule has 0 saturated heterocycles. The average molecular weight is 431 g/mol. The van der Waals surface area contributed by atoms with Gasteiger partial charge in [-0.1, -0.05) is 47.2 Å². The second-order valence-corrected chi connectivity index (χ2v) is 8.51. The Morgan fingerprint density at radius 2 is 2.07 bits per heavy atom. The lowest BCUT2D eigenvalue weighted by atomic mass is 9.96. The van der Waals surface area contributed by atoms with Gasteiger partial charge in [0, 0.05) is 9.90 Å². The highest BCUT2D eigenvalue weighted by molar-refractivity contribution is 7.11. The number of allylic oxidation sites excluding steroid dienone is 1. The predicted molar refractivity (Wildman–Crippen MR) is 112 cm³/mol. The van der Waals surface area contributed by atoms with E-state index < -0.39 is 12.0 Å². The van der Waals surface area contributed by atoms with Crippen molar-refractivity contribution in [3.05, 3.63) is 88.2 Å². The maximum Gasteiger partial charge on any atom is 0.338 e. The van der Waals surface area contributed by atoms with Crippen LogP contribution >= 0.6 is 34.3 Å². The van der Waals surface area contributed by atoms with Crippen LogP contribution < -0.4 is 14.9 Å². The van der Waals surface area contributed by atoms with Crippen molar-refractivity contribution >= 4 is 46.3 Å². The highest BCUT2D eigenvalue weighted by Crippen LogP contribution is 2.34. The zero-order valence-electron chi connectivity index (χ0n) is 15.0. The molecule has 0 spiro atoms. The smallest absolute Gasteiger partial charge is 0.338 e. The van der Waals surface area contributed by atoms with Crippen molar-refractivity contribution in [1.29, 1.82) is 0 Å². The van der Waals surface area contributed by atoms with Crippen LogP contribution in [0, 0.1) is 0 Å². The normalized spacial score (nSPS) is 16.7. The molecule has 28 heavy (non-hydrogen) atoms. The fraction of sp³-hybridized carbons (Fsp3) is 0.150. The minimum absolute atomic E-state index is 0.212. The van der Waals surface area contributed by atoms with Crippen molar-refractivity contribution in [2.24, 2.45) is 4.99 Å². The van der Waals surface area contributed by atoms with Crippen molar-refractivity contribution < 1.29 is 9.53 Å². The second-order valence-electron chi connectivity index (χ2n) is 6.11. The van der Waals surface area contributed by atoms with Gasteiger partial charge < -0.3 is 4.74 Å². The highest BCUT2D eigenvalue weighted by Gasteiger charge is 2.34. The Morgan fingerprint density at radius 1 is 1.29 bits per heavy atom. The van der Waals surface area contributed by atoms with Gasteiger partial charge in [-0.15, -0.1) is 11.3 Å². The third kappa shape index (κ3) is 3.15. The molecule has 5 nitrogen and oxygen atoms in total. The summed E-state index contributed by atoms with van der Waals surface area (Å²) in [4.78, 5) is 31.8. The number of aromatic nitrogens is 1. The Bertz CT molecular complexity index is 1270. The number of carbonyl (C=O) groups excluding carboxylic acids is 1. The van der Waals surface area contributed by atoms with Crippen molar-refractivity contribution in [3.8, 4) is 0 Å². The summed E-state index contributed by atoms with van der Waals surface area (Å²) in [5.41, 5.74) is 1.27. The fourth-order valence-electron chi connectivity index (χ4n) is 3.19. The zero-order valence-corrected chi connectivity index (χ0v) is 17.4. The second kappa shape index (κ2) is 7.50. The van der Waals surface area contributed by atoms with Crippen LogP contribution in [0.3, 0.4) is 0 Å². The van der Waals surface area contributed by atoms with E-state index in [4.69, 9.17) is 16.3 Å². The summed E-state index contributed by atoms with van der Waals surface area (Å²) >= 11 is 9.28. The predicted octanol–water partition coefficient (Wildman–Crippen LogP) is 3.12. The van der Waals surface area contributed by atoms with E-state index in [1.165, 1.54) is 23.0 Å². The molecule has 1 aliphatic rings. The Labute approximate surface area is 173 Å². The summed E-state index contributed by atoms with van der Waals surface area (Å²) in [5.74, 6) is -0.529. The van der Waals surface area contributed by atoms with Crippen LogP contribution in [0.5, 0.6) is 0 Å². The minimum atomic E-state index is -0.692. The maximum atomic E-state index is 13.3. The average Bonchev–Trinajstić information content (AvgIpc) is 3.29. The highest BCUT2D eigenvalue weighted by atomic mass is 35.5. The van der Waals surface area contributed by atoms with Crippen LogP contribution in [0.1, 0.15) is 23.4 Å². The molecular weight excluding hydrogens is 416 g/mol. The number of hydrogen-bond acceptors (Lipinski definition) is 6. The van der Waals surface area contributed by atoms with Gasteiger partial charge in [-0.25, -0.2) is 9.79 Å². The molecule has 0 radical (unpaired) electrons. The molecule has 8 heteroatoms. The molecule has 0 unspecified atom stereocenters. The Hall–Kier alpha value is -2.48. The van der Waals surface area contributed by atoms with Crippen LogP contribution in [0.2, 0.25) is 5.02 Å². The summed E-state index contributed by atoms with van der Waals surface area (Å²) in [6.45, 7) is 1.74. The molecule has 142 valence electrons. The first-order chi connectivity index (χ1) is 13.5. The number of thiophene rings is 1. The van der Waals surface area contributed by atoms with E-state index in [-0.39, 0.29) is 5.56 Å². The lowest BCUT2D eigenvalue weighted by molar-refractivity contribution is -0.136. The number of fused-ring (bicyclic) bond motifs is 1. The van der Waals surface area contributed by atoms with Gasteiger partial charge >= 0.3 is 5.97 Å². The first-order valence-corrected chi connectivity index (χ1v) is 10.5. The van der Waals surface area contributed by atoms with Gasteiger partial charge in [-0.2, -0.15) is 0 Å². The summed E-state index contributed by atoms with van der Waals surface area (Å²) in [7, 11) is 1.31. The van der Waals surface area contributed by atoms with Gasteiger partial charge in [0.2, 0.25) is 0 Å². The zero-order chi connectivity index (χ0) is 19.8. The van der Waals surface area contributed by atoms with E-state index in [0.29, 0.717) is 31.2 Å². The minimum Gasteiger partial charge on any atom is -0.466 e. The van der Waals surface area contributed by atoms with E-state index in [2.05, 4.69) is 4.99 Å². The fourth-order valence-corrected chi connectivity index (χ4v) is 5.19. The monoisotopic (exact) mass is 430 g/mol. The van der Waals surface area contributed by atoms with Crippen molar-refractivity contribution in [2.75, 3.05) is 7.11 Å². The molecule has 2 aromatic heterocycles. The lowest BCUT2D eigenvalue weighted by Crippen LogP contribution is -2.39. The maximum absolute atomic E-state index is 13.3. The number of hydrogen-bond donors (Lipinski definition) is 0. The number of nitrogens with zero attached hydrogens (tertiary/aromatic N) is 2. The Kier molecular flexibility index (Phi) is 5.05. The molecule has 4 rings (SSSR count). The quantitative estimate of drug-likeness (QED) is 0.600. The van der Waals surface area contributed by atoms with Crippen molar-refractivity contribution in [1.82, 2.24) is 4.57 Å². The van der Waals surface area contributed by atoms with E-state index in [0.717, 1.165) is 4.88 Å². The summed E-state index contributed by atoms with van der Waals surface area (Å²) in [6, 6.07) is 10.4. The molecule has 1 aromatic carbocycles. The third-order valence-corrected chi connectivity index (χ3v) is 6.59. The number of rotatable bonds is 3. The van der Waals surface area contributed by atoms with Crippen molar-refractivity contribution in [2.45, 2.75) is 13.0 Å². The van der Waals surface area contributed by atoms with Gasteiger partial charge in [0.15, 0.2) is 4.80 Å². The standard InChI is InChI=1S/C20H15ClN2O3S2/c1-11-16(19(25)26-2)17(13-7-3-4-8-14(13)21)23-18(24)15(28-20(23)22-11)10-12-6-5-9-27-12/h3-10,17H,1-2H3/b15-10-/t17-/m1/s1. The first kappa shape index (κ1) is 18.9. The molecule has 0 aliphatic carbocycles. The first-order valence-electron chi connectivity index (χ1n) is 8.40. The summed E-state index contributed by atoms with van der Waals surface area (Å²) < 4.78 is 7.07. The molecule has 1 atom stereocenters. The summed E-state index contributed by atoms with van der Waals surface area (Å²) in [5, 5.41) is 2.42. The molecule has 0 amide bonds. The Morgan fingerprint density at radius 3 is 2.75 bits per heavy atom. The molecule has 3 heterocycles. The molecule has 0 fully saturated rings. The van der Waals surface area contributed by atoms with Gasteiger partial charge in [0.05, 0.1) is 22.9 Å². The van der Waals surface area contributed by atoms with Crippen LogP contribution in [0.4, 0.5) is 0 Å². The molecule has 0 bridgehead atoms. The van der Waals surface area contributed by atoms with Crippen LogP contribution in [0.25, 0.3) is 6.08 Å². The lowest BCUT2D eigenvalue weighted by Gasteiger charge is -2.25. The van der Waals surface area contributed by atoms with Crippen molar-refractivity contribution in [3.63, 3.8) is 0 Å². The number of carbonyl (C=O) groups is 1. The van der Waals surface area contributed by atoms with E-state index in [1.807, 2.05) is 35.7 Å². The Balaban J connectivity index is 2.03. The molecule has 0 N–H and O–H groups in total. The number of benzene rings is 1. The van der Waals surface area contributed by atoms with Gasteiger partial charge in [-0.05, 0) is 36.1 Å². The van der Waals surface area contributed by atoms with E-state index in [1.54, 1.807) is 30.4 Å². The number of methoxy groups -OCH3 is 1. The van der Waals surface area contributed by atoms with Gasteiger partial charge in [0.25, 0.3) is 5.56 Å². The number of halogens is 1. The molecule has 3 aromatic rings. The third-order valence-electron chi connectivity index (χ3n) is 4.44. The van der Waals surface area contributed by atoms with Crippen LogP contribution in [0.15, 0.2) is 62.8 Å². The van der Waals surface area contributed by atoms with Crippen LogP contribution in [-0.2, 0) is 9.53 Å². The van der Waals surface area contributed by atoms with Gasteiger partial charge in [0.1, 0.15) is 6.04 Å². The molecule has 0 saturated carbocycles. The summed E-state index contributed by atoms with van der Waals surface area (Å²) in [6.07, 6.45) is 1.84. The number of esters is 1. The molecular formula is C20H15ClN2O3S2. The van der Waals surface area contributed by atoms with Gasteiger partial charge in [-0.3, -0.25) is 9.36 Å². The van der Waals surface area contributed by atoms with E-state index in [9.17, 15) is 9.59 Å². The number of ether oxygens (including phenoxy) is 1. The SMILES string of the molecule is COC(=O)C1=C(C)N=c2s/c(=C\c3cccs3)c(=O)n2[C@@H]1c1ccccc1Cl. The molecule has 1 aliphatic heterocycles.